The highest BCUT2D eigenvalue weighted by Gasteiger charge is 2.17. The van der Waals surface area contributed by atoms with Crippen LogP contribution in [0.3, 0.4) is 0 Å². The SMILES string of the molecule is COc1ccc(NS(=O)(=O)c2ccc(O[C@H](C)C(=O)NCC(C)C)cc2)cc1Cl. The zero-order valence-electron chi connectivity index (χ0n) is 16.7. The molecule has 1 amide bonds. The standard InChI is InChI=1S/C20H25ClN2O5S/c1-13(2)12-22-20(24)14(3)28-16-6-8-17(9-7-16)29(25,26)23-15-5-10-19(27-4)18(21)11-15/h5-11,13-14,23H,12H2,1-4H3,(H,22,24)/t14-/m1/s1. The Kier molecular flexibility index (Phi) is 7.75. The maximum Gasteiger partial charge on any atom is 0.261 e. The van der Waals surface area contributed by atoms with Crippen LogP contribution in [0.4, 0.5) is 5.69 Å². The first-order valence-corrected chi connectivity index (χ1v) is 10.9. The van der Waals surface area contributed by atoms with Crippen molar-refractivity contribution >= 4 is 33.2 Å². The van der Waals surface area contributed by atoms with Crippen LogP contribution in [0.5, 0.6) is 11.5 Å². The van der Waals surface area contributed by atoms with Crippen molar-refractivity contribution in [1.29, 1.82) is 0 Å². The van der Waals surface area contributed by atoms with Crippen LogP contribution in [0.15, 0.2) is 47.4 Å². The van der Waals surface area contributed by atoms with Crippen LogP contribution in [0.25, 0.3) is 0 Å². The molecular formula is C20H25ClN2O5S. The summed E-state index contributed by atoms with van der Waals surface area (Å²) in [7, 11) is -2.34. The molecule has 0 radical (unpaired) electrons. The number of rotatable bonds is 9. The molecule has 0 aliphatic rings. The highest BCUT2D eigenvalue weighted by molar-refractivity contribution is 7.92. The maximum absolute atomic E-state index is 12.6. The molecule has 0 bridgehead atoms. The van der Waals surface area contributed by atoms with Crippen LogP contribution in [0.1, 0.15) is 20.8 Å². The van der Waals surface area contributed by atoms with Gasteiger partial charge in [0, 0.05) is 6.54 Å². The number of sulfonamides is 1. The van der Waals surface area contributed by atoms with E-state index < -0.39 is 16.1 Å². The third kappa shape index (κ3) is 6.54. The second-order valence-electron chi connectivity index (χ2n) is 6.83. The number of halogens is 1. The summed E-state index contributed by atoms with van der Waals surface area (Å²) in [5, 5.41) is 3.08. The second-order valence-corrected chi connectivity index (χ2v) is 8.91. The Labute approximate surface area is 176 Å². The Balaban J connectivity index is 2.04. The summed E-state index contributed by atoms with van der Waals surface area (Å²) in [6.07, 6.45) is -0.698. The Morgan fingerprint density at radius 1 is 1.10 bits per heavy atom. The third-order valence-corrected chi connectivity index (χ3v) is 5.60. The molecule has 1 atom stereocenters. The van der Waals surface area contributed by atoms with Gasteiger partial charge in [-0.15, -0.1) is 0 Å². The molecule has 9 heteroatoms. The van der Waals surface area contributed by atoms with Gasteiger partial charge in [-0.3, -0.25) is 9.52 Å². The van der Waals surface area contributed by atoms with Gasteiger partial charge in [0.15, 0.2) is 6.10 Å². The number of carbonyl (C=O) groups is 1. The van der Waals surface area contributed by atoms with Gasteiger partial charge < -0.3 is 14.8 Å². The average Bonchev–Trinajstić information content (AvgIpc) is 2.66. The van der Waals surface area contributed by atoms with Crippen molar-refractivity contribution in [3.8, 4) is 11.5 Å². The minimum absolute atomic E-state index is 0.0497. The zero-order valence-corrected chi connectivity index (χ0v) is 18.3. The van der Waals surface area contributed by atoms with E-state index in [1.54, 1.807) is 19.1 Å². The number of benzene rings is 2. The molecule has 2 rings (SSSR count). The van der Waals surface area contributed by atoms with E-state index in [4.69, 9.17) is 21.1 Å². The summed E-state index contributed by atoms with van der Waals surface area (Å²) in [4.78, 5) is 12.0. The molecule has 0 unspecified atom stereocenters. The van der Waals surface area contributed by atoms with E-state index in [1.165, 1.54) is 37.4 Å². The topological polar surface area (TPSA) is 93.7 Å². The Morgan fingerprint density at radius 3 is 2.31 bits per heavy atom. The number of amides is 1. The van der Waals surface area contributed by atoms with Gasteiger partial charge in [-0.05, 0) is 55.3 Å². The predicted octanol–water partition coefficient (Wildman–Crippen LogP) is 3.69. The molecule has 0 aliphatic heterocycles. The van der Waals surface area contributed by atoms with E-state index in [0.29, 0.717) is 34.7 Å². The smallest absolute Gasteiger partial charge is 0.261 e. The average molecular weight is 441 g/mol. The minimum Gasteiger partial charge on any atom is -0.495 e. The number of carbonyl (C=O) groups excluding carboxylic acids is 1. The molecule has 0 saturated heterocycles. The van der Waals surface area contributed by atoms with Gasteiger partial charge in [0.1, 0.15) is 11.5 Å². The van der Waals surface area contributed by atoms with Crippen molar-refractivity contribution in [3.05, 3.63) is 47.5 Å². The van der Waals surface area contributed by atoms with Crippen LogP contribution >= 0.6 is 11.6 Å². The van der Waals surface area contributed by atoms with Crippen molar-refractivity contribution in [3.63, 3.8) is 0 Å². The quantitative estimate of drug-likeness (QED) is 0.620. The van der Waals surface area contributed by atoms with Gasteiger partial charge in [0.25, 0.3) is 15.9 Å². The minimum atomic E-state index is -3.81. The monoisotopic (exact) mass is 440 g/mol. The lowest BCUT2D eigenvalue weighted by molar-refractivity contribution is -0.127. The summed E-state index contributed by atoms with van der Waals surface area (Å²) < 4.78 is 38.2. The summed E-state index contributed by atoms with van der Waals surface area (Å²) in [5.41, 5.74) is 0.312. The van der Waals surface area contributed by atoms with E-state index in [-0.39, 0.29) is 10.8 Å². The first-order valence-electron chi connectivity index (χ1n) is 9.03. The Morgan fingerprint density at radius 2 is 1.76 bits per heavy atom. The zero-order chi connectivity index (χ0) is 21.6. The van der Waals surface area contributed by atoms with Crippen LogP contribution in [0, 0.1) is 5.92 Å². The Hall–Kier alpha value is -2.45. The number of nitrogens with one attached hydrogen (secondary N) is 2. The molecule has 0 aromatic heterocycles. The number of hydrogen-bond acceptors (Lipinski definition) is 5. The number of hydrogen-bond donors (Lipinski definition) is 2. The second kappa shape index (κ2) is 9.84. The van der Waals surface area contributed by atoms with Gasteiger partial charge in [0.05, 0.1) is 22.7 Å². The first-order chi connectivity index (χ1) is 13.6. The number of ether oxygens (including phenoxy) is 2. The van der Waals surface area contributed by atoms with Crippen LogP contribution in [0.2, 0.25) is 5.02 Å². The van der Waals surface area contributed by atoms with Gasteiger partial charge in [-0.25, -0.2) is 8.42 Å². The van der Waals surface area contributed by atoms with E-state index >= 15 is 0 Å². The lowest BCUT2D eigenvalue weighted by atomic mass is 10.2. The summed E-state index contributed by atoms with van der Waals surface area (Å²) >= 11 is 6.03. The number of anilines is 1. The summed E-state index contributed by atoms with van der Waals surface area (Å²) in [6.45, 7) is 6.19. The molecule has 2 aromatic rings. The predicted molar refractivity (Wildman–Crippen MR) is 113 cm³/mol. The van der Waals surface area contributed by atoms with Crippen LogP contribution < -0.4 is 19.5 Å². The van der Waals surface area contributed by atoms with Crippen molar-refractivity contribution in [2.24, 2.45) is 5.92 Å². The van der Waals surface area contributed by atoms with Crippen molar-refractivity contribution < 1.29 is 22.7 Å². The summed E-state index contributed by atoms with van der Waals surface area (Å²) in [6, 6.07) is 10.4. The van der Waals surface area contributed by atoms with Gasteiger partial charge >= 0.3 is 0 Å². The molecule has 2 N–H and O–H groups in total. The van der Waals surface area contributed by atoms with E-state index in [2.05, 4.69) is 10.0 Å². The van der Waals surface area contributed by atoms with E-state index in [1.807, 2.05) is 13.8 Å². The van der Waals surface area contributed by atoms with Crippen molar-refractivity contribution in [2.75, 3.05) is 18.4 Å². The molecule has 0 saturated carbocycles. The fourth-order valence-electron chi connectivity index (χ4n) is 2.35. The molecule has 0 fully saturated rings. The fraction of sp³-hybridized carbons (Fsp3) is 0.350. The molecule has 0 spiro atoms. The fourth-order valence-corrected chi connectivity index (χ4v) is 3.65. The highest BCUT2D eigenvalue weighted by atomic mass is 35.5. The van der Waals surface area contributed by atoms with Crippen LogP contribution in [-0.4, -0.2) is 34.1 Å². The molecule has 0 heterocycles. The summed E-state index contributed by atoms with van der Waals surface area (Å²) in [5.74, 6) is 0.948. The van der Waals surface area contributed by atoms with Crippen LogP contribution in [-0.2, 0) is 14.8 Å². The molecular weight excluding hydrogens is 416 g/mol. The van der Waals surface area contributed by atoms with E-state index in [9.17, 15) is 13.2 Å². The molecule has 7 nitrogen and oxygen atoms in total. The largest absolute Gasteiger partial charge is 0.495 e. The maximum atomic E-state index is 12.6. The lowest BCUT2D eigenvalue weighted by Gasteiger charge is -2.16. The van der Waals surface area contributed by atoms with Crippen molar-refractivity contribution in [2.45, 2.75) is 31.8 Å². The third-order valence-electron chi connectivity index (χ3n) is 3.90. The molecule has 0 aliphatic carbocycles. The molecule has 29 heavy (non-hydrogen) atoms. The highest BCUT2D eigenvalue weighted by Crippen LogP contribution is 2.28. The first kappa shape index (κ1) is 22.8. The Bertz CT molecular complexity index is 946. The van der Waals surface area contributed by atoms with E-state index in [0.717, 1.165) is 0 Å². The lowest BCUT2D eigenvalue weighted by Crippen LogP contribution is -2.38. The van der Waals surface area contributed by atoms with Gasteiger partial charge in [-0.2, -0.15) is 0 Å². The van der Waals surface area contributed by atoms with Crippen molar-refractivity contribution in [1.82, 2.24) is 5.32 Å². The van der Waals surface area contributed by atoms with Gasteiger partial charge in [-0.1, -0.05) is 25.4 Å². The normalized spacial score (nSPS) is 12.3. The van der Waals surface area contributed by atoms with Gasteiger partial charge in [0.2, 0.25) is 0 Å². The molecule has 158 valence electrons. The molecule has 2 aromatic carbocycles. The number of methoxy groups -OCH3 is 1.